The van der Waals surface area contributed by atoms with Crippen molar-refractivity contribution in [3.8, 4) is 11.3 Å². The number of hydrogen-bond acceptors (Lipinski definition) is 4. The highest BCUT2D eigenvalue weighted by Crippen LogP contribution is 2.21. The third kappa shape index (κ3) is 4.09. The second kappa shape index (κ2) is 8.51. The second-order valence-electron chi connectivity index (χ2n) is 7.46. The highest BCUT2D eigenvalue weighted by molar-refractivity contribution is 6.42. The molecule has 0 spiro atoms. The Labute approximate surface area is 178 Å². The maximum Gasteiger partial charge on any atom is 0.295 e. The number of amides is 2. The van der Waals surface area contributed by atoms with Crippen LogP contribution in [0, 0.1) is 5.82 Å². The van der Waals surface area contributed by atoms with Crippen LogP contribution < -0.4 is 0 Å². The molecule has 2 aromatic carbocycles. The Balaban J connectivity index is 1.45. The summed E-state index contributed by atoms with van der Waals surface area (Å²) in [4.78, 5) is 41.2. The Kier molecular flexibility index (Phi) is 5.62. The first kappa shape index (κ1) is 20.5. The summed E-state index contributed by atoms with van der Waals surface area (Å²) in [5.41, 5.74) is 1.44. The molecule has 1 fully saturated rings. The van der Waals surface area contributed by atoms with Crippen LogP contribution in [0.3, 0.4) is 0 Å². The molecule has 31 heavy (non-hydrogen) atoms. The molecule has 7 nitrogen and oxygen atoms in total. The molecular weight excluding hydrogens is 399 g/mol. The van der Waals surface area contributed by atoms with Crippen molar-refractivity contribution in [2.24, 2.45) is 0 Å². The molecule has 158 valence electrons. The van der Waals surface area contributed by atoms with Crippen molar-refractivity contribution >= 4 is 17.6 Å². The van der Waals surface area contributed by atoms with Crippen molar-refractivity contribution in [1.82, 2.24) is 20.0 Å². The number of carbonyl (C=O) groups is 3. The average Bonchev–Trinajstić information content (AvgIpc) is 3.33. The lowest BCUT2D eigenvalue weighted by Crippen LogP contribution is -2.56. The highest BCUT2D eigenvalue weighted by atomic mass is 19.1. The standard InChI is InChI=1S/C23H21FN4O3/c1-15-14-27(22(30)16-5-3-2-4-6-16)11-12-28(15)23(31)21(29)18-8-7-17(13-19(18)24)20-9-10-25-26-20/h2-10,13,15H,11-12,14H2,1H3,(H,25,26)/t15-/m1/s1. The molecule has 1 N–H and O–H groups in total. The van der Waals surface area contributed by atoms with Gasteiger partial charge in [-0.05, 0) is 37.3 Å². The first-order chi connectivity index (χ1) is 15.0. The van der Waals surface area contributed by atoms with E-state index in [0.29, 0.717) is 29.9 Å². The molecule has 0 unspecified atom stereocenters. The van der Waals surface area contributed by atoms with E-state index in [-0.39, 0.29) is 24.1 Å². The predicted molar refractivity (Wildman–Crippen MR) is 112 cm³/mol. The minimum atomic E-state index is -0.900. The Hall–Kier alpha value is -3.81. The summed E-state index contributed by atoms with van der Waals surface area (Å²) in [6.45, 7) is 2.58. The lowest BCUT2D eigenvalue weighted by molar-refractivity contribution is -0.130. The molecule has 3 aromatic rings. The summed E-state index contributed by atoms with van der Waals surface area (Å²) in [7, 11) is 0. The molecule has 2 heterocycles. The van der Waals surface area contributed by atoms with Crippen molar-refractivity contribution in [3.63, 3.8) is 0 Å². The van der Waals surface area contributed by atoms with E-state index >= 15 is 0 Å². The first-order valence-electron chi connectivity index (χ1n) is 9.94. The van der Waals surface area contributed by atoms with Crippen LogP contribution in [0.5, 0.6) is 0 Å². The number of Topliss-reactive ketones (excluding diaryl/α,β-unsaturated/α-hetero) is 1. The van der Waals surface area contributed by atoms with Gasteiger partial charge in [0.1, 0.15) is 5.82 Å². The van der Waals surface area contributed by atoms with E-state index in [1.54, 1.807) is 54.4 Å². The summed E-state index contributed by atoms with van der Waals surface area (Å²) >= 11 is 0. The van der Waals surface area contributed by atoms with Crippen LogP contribution in [0.4, 0.5) is 4.39 Å². The van der Waals surface area contributed by atoms with E-state index in [2.05, 4.69) is 10.2 Å². The van der Waals surface area contributed by atoms with E-state index in [1.807, 2.05) is 6.07 Å². The van der Waals surface area contributed by atoms with Gasteiger partial charge in [-0.3, -0.25) is 19.5 Å². The zero-order valence-electron chi connectivity index (χ0n) is 16.9. The van der Waals surface area contributed by atoms with E-state index in [4.69, 9.17) is 0 Å². The Morgan fingerprint density at radius 3 is 2.48 bits per heavy atom. The molecule has 1 atom stereocenters. The lowest BCUT2D eigenvalue weighted by Gasteiger charge is -2.39. The summed E-state index contributed by atoms with van der Waals surface area (Å²) in [6, 6.07) is 14.3. The van der Waals surface area contributed by atoms with Crippen LogP contribution in [0.2, 0.25) is 0 Å². The second-order valence-corrected chi connectivity index (χ2v) is 7.46. The predicted octanol–water partition coefficient (Wildman–Crippen LogP) is 2.77. The van der Waals surface area contributed by atoms with Crippen LogP contribution in [0.1, 0.15) is 27.6 Å². The van der Waals surface area contributed by atoms with Gasteiger partial charge in [-0.2, -0.15) is 5.10 Å². The molecule has 0 aliphatic carbocycles. The number of piperazine rings is 1. The van der Waals surface area contributed by atoms with E-state index < -0.39 is 17.5 Å². The van der Waals surface area contributed by atoms with Gasteiger partial charge in [-0.15, -0.1) is 0 Å². The number of rotatable bonds is 4. The summed E-state index contributed by atoms with van der Waals surface area (Å²) in [5, 5.41) is 6.54. The van der Waals surface area contributed by atoms with E-state index in [0.717, 1.165) is 0 Å². The van der Waals surface area contributed by atoms with Gasteiger partial charge >= 0.3 is 0 Å². The smallest absolute Gasteiger partial charge is 0.295 e. The van der Waals surface area contributed by atoms with Crippen molar-refractivity contribution in [2.75, 3.05) is 19.6 Å². The topological polar surface area (TPSA) is 86.4 Å². The zero-order valence-corrected chi connectivity index (χ0v) is 16.9. The molecule has 8 heteroatoms. The van der Waals surface area contributed by atoms with Gasteiger partial charge in [0.25, 0.3) is 17.6 Å². The van der Waals surface area contributed by atoms with Gasteiger partial charge in [0.2, 0.25) is 0 Å². The van der Waals surface area contributed by atoms with Gasteiger partial charge in [-0.1, -0.05) is 24.3 Å². The van der Waals surface area contributed by atoms with Gasteiger partial charge in [0, 0.05) is 43.0 Å². The van der Waals surface area contributed by atoms with Crippen molar-refractivity contribution in [3.05, 3.63) is 77.7 Å². The Morgan fingerprint density at radius 2 is 1.84 bits per heavy atom. The fraction of sp³-hybridized carbons (Fsp3) is 0.217. The number of carbonyl (C=O) groups excluding carboxylic acids is 3. The first-order valence-corrected chi connectivity index (χ1v) is 9.94. The third-order valence-electron chi connectivity index (χ3n) is 5.42. The van der Waals surface area contributed by atoms with Gasteiger partial charge in [0.05, 0.1) is 11.3 Å². The SMILES string of the molecule is C[C@@H]1CN(C(=O)c2ccccc2)CCN1C(=O)C(=O)c1ccc(-c2ccn[nH]2)cc1F. The number of benzene rings is 2. The van der Waals surface area contributed by atoms with Crippen LogP contribution in [-0.4, -0.2) is 63.3 Å². The summed E-state index contributed by atoms with van der Waals surface area (Å²) in [5.74, 6) is -2.56. The number of hydrogen-bond donors (Lipinski definition) is 1. The van der Waals surface area contributed by atoms with Gasteiger partial charge in [-0.25, -0.2) is 4.39 Å². The number of nitrogens with one attached hydrogen (secondary N) is 1. The monoisotopic (exact) mass is 420 g/mol. The van der Waals surface area contributed by atoms with Crippen molar-refractivity contribution in [1.29, 1.82) is 0 Å². The number of nitrogens with zero attached hydrogens (tertiary/aromatic N) is 3. The fourth-order valence-electron chi connectivity index (χ4n) is 3.74. The number of ketones is 1. The van der Waals surface area contributed by atoms with Crippen LogP contribution in [0.15, 0.2) is 60.8 Å². The molecule has 0 radical (unpaired) electrons. The van der Waals surface area contributed by atoms with Gasteiger partial charge in [0.15, 0.2) is 0 Å². The highest BCUT2D eigenvalue weighted by Gasteiger charge is 2.34. The summed E-state index contributed by atoms with van der Waals surface area (Å²) < 4.78 is 14.6. The maximum atomic E-state index is 14.6. The normalized spacial score (nSPS) is 16.3. The van der Waals surface area contributed by atoms with Crippen LogP contribution in [0.25, 0.3) is 11.3 Å². The number of halogens is 1. The van der Waals surface area contributed by atoms with E-state index in [1.165, 1.54) is 17.0 Å². The Bertz CT molecular complexity index is 1120. The molecule has 0 saturated carbocycles. The van der Waals surface area contributed by atoms with Crippen LogP contribution in [-0.2, 0) is 4.79 Å². The molecule has 1 aliphatic rings. The molecule has 1 aliphatic heterocycles. The average molecular weight is 420 g/mol. The van der Waals surface area contributed by atoms with E-state index in [9.17, 15) is 18.8 Å². The number of H-pyrrole nitrogens is 1. The van der Waals surface area contributed by atoms with Crippen LogP contribution >= 0.6 is 0 Å². The fourth-order valence-corrected chi connectivity index (χ4v) is 3.74. The summed E-state index contributed by atoms with van der Waals surface area (Å²) in [6.07, 6.45) is 1.54. The van der Waals surface area contributed by atoms with Crippen molar-refractivity contribution in [2.45, 2.75) is 13.0 Å². The maximum absolute atomic E-state index is 14.6. The molecule has 1 saturated heterocycles. The molecule has 4 rings (SSSR count). The quantitative estimate of drug-likeness (QED) is 0.520. The Morgan fingerprint density at radius 1 is 1.06 bits per heavy atom. The number of aromatic nitrogens is 2. The third-order valence-corrected chi connectivity index (χ3v) is 5.42. The minimum absolute atomic E-state index is 0.119. The van der Waals surface area contributed by atoms with Crippen molar-refractivity contribution < 1.29 is 18.8 Å². The lowest BCUT2D eigenvalue weighted by atomic mass is 10.0. The zero-order chi connectivity index (χ0) is 22.0. The number of aromatic amines is 1. The largest absolute Gasteiger partial charge is 0.335 e. The molecule has 0 bridgehead atoms. The van der Waals surface area contributed by atoms with Gasteiger partial charge < -0.3 is 9.80 Å². The molecular formula is C23H21FN4O3. The molecule has 2 amide bonds. The molecule has 1 aromatic heterocycles. The minimum Gasteiger partial charge on any atom is -0.335 e.